The molecule has 0 fully saturated rings. The van der Waals surface area contributed by atoms with Gasteiger partial charge in [0, 0.05) is 6.54 Å². The molecule has 0 N–H and O–H groups in total. The van der Waals surface area contributed by atoms with E-state index in [4.69, 9.17) is 0 Å². The van der Waals surface area contributed by atoms with E-state index in [-0.39, 0.29) is 11.2 Å². The zero-order valence-corrected chi connectivity index (χ0v) is 17.3. The van der Waals surface area contributed by atoms with Crippen LogP contribution >= 0.6 is 0 Å². The lowest BCUT2D eigenvalue weighted by Gasteiger charge is -2.10. The van der Waals surface area contributed by atoms with Crippen LogP contribution in [0.2, 0.25) is 0 Å². The molecule has 0 unspecified atom stereocenters. The Bertz CT molecular complexity index is 1320. The summed E-state index contributed by atoms with van der Waals surface area (Å²) in [5.41, 5.74) is 3.58. The molecule has 0 aliphatic carbocycles. The number of aromatic nitrogens is 4. The minimum atomic E-state index is -0.226. The van der Waals surface area contributed by atoms with Gasteiger partial charge in [-0.1, -0.05) is 49.7 Å². The fraction of sp³-hybridized carbons (Fsp3) is 0.348. The number of rotatable bonds is 5. The minimum absolute atomic E-state index is 0.0994. The normalized spacial score (nSPS) is 11.8. The number of fused-ring (bicyclic) bond motifs is 3. The summed E-state index contributed by atoms with van der Waals surface area (Å²) in [7, 11) is 0. The summed E-state index contributed by atoms with van der Waals surface area (Å²) in [4.78, 5) is 26.4. The molecule has 0 atom stereocenters. The van der Waals surface area contributed by atoms with Crippen LogP contribution in [0.1, 0.15) is 37.0 Å². The largest absolute Gasteiger partial charge is 0.352 e. The molecule has 0 saturated heterocycles. The molecular weight excluding hydrogens is 364 g/mol. The summed E-state index contributed by atoms with van der Waals surface area (Å²) in [5, 5.41) is 5.14. The molecule has 0 spiro atoms. The predicted octanol–water partition coefficient (Wildman–Crippen LogP) is 3.52. The Labute approximate surface area is 169 Å². The summed E-state index contributed by atoms with van der Waals surface area (Å²) in [6.07, 6.45) is 0.839. The van der Waals surface area contributed by atoms with Crippen molar-refractivity contribution in [3.8, 4) is 0 Å². The van der Waals surface area contributed by atoms with Crippen molar-refractivity contribution >= 4 is 16.7 Å². The maximum atomic E-state index is 13.3. The molecule has 150 valence electrons. The van der Waals surface area contributed by atoms with Gasteiger partial charge in [-0.3, -0.25) is 9.36 Å². The highest BCUT2D eigenvalue weighted by Gasteiger charge is 2.18. The van der Waals surface area contributed by atoms with Crippen molar-refractivity contribution in [3.05, 3.63) is 80.0 Å². The smallest absolute Gasteiger partial charge is 0.276 e. The highest BCUT2D eigenvalue weighted by Crippen LogP contribution is 2.14. The number of nitrogens with zero attached hydrogens (tertiary/aromatic N) is 4. The van der Waals surface area contributed by atoms with Crippen LogP contribution < -0.4 is 11.2 Å². The molecule has 0 radical (unpaired) electrons. The number of hydrogen-bond donors (Lipinski definition) is 0. The quantitative estimate of drug-likeness (QED) is 0.524. The third-order valence-corrected chi connectivity index (χ3v) is 5.44. The molecule has 4 aromatic rings. The van der Waals surface area contributed by atoms with Crippen molar-refractivity contribution in [2.45, 2.75) is 47.2 Å². The lowest BCUT2D eigenvalue weighted by Crippen LogP contribution is -2.27. The number of hydrogen-bond acceptors (Lipinski definition) is 3. The average molecular weight is 390 g/mol. The minimum Gasteiger partial charge on any atom is -0.276 e. The maximum Gasteiger partial charge on any atom is 0.352 e. The van der Waals surface area contributed by atoms with Crippen LogP contribution in [0.4, 0.5) is 0 Å². The first-order valence-electron chi connectivity index (χ1n) is 10.0. The zero-order chi connectivity index (χ0) is 20.7. The van der Waals surface area contributed by atoms with E-state index >= 15 is 0 Å². The summed E-state index contributed by atoms with van der Waals surface area (Å²) in [5.74, 6) is 0.849. The lowest BCUT2D eigenvalue weighted by atomic mass is 10.1. The topological polar surface area (TPSA) is 61.3 Å². The second-order valence-electron chi connectivity index (χ2n) is 8.16. The molecule has 0 amide bonds. The van der Waals surface area contributed by atoms with Crippen LogP contribution in [0.3, 0.4) is 0 Å². The van der Waals surface area contributed by atoms with E-state index in [0.29, 0.717) is 35.7 Å². The number of benzene rings is 2. The molecule has 0 aliphatic heterocycles. The molecule has 0 saturated carbocycles. The molecule has 2 aromatic carbocycles. The fourth-order valence-electron chi connectivity index (χ4n) is 3.69. The molecule has 4 rings (SSSR count). The van der Waals surface area contributed by atoms with Crippen molar-refractivity contribution in [1.29, 1.82) is 0 Å². The van der Waals surface area contributed by atoms with Crippen LogP contribution in [0.5, 0.6) is 0 Å². The van der Waals surface area contributed by atoms with Gasteiger partial charge in [0.2, 0.25) is 5.78 Å². The first-order chi connectivity index (χ1) is 13.9. The summed E-state index contributed by atoms with van der Waals surface area (Å²) < 4.78 is 4.68. The monoisotopic (exact) mass is 390 g/mol. The van der Waals surface area contributed by atoms with E-state index < -0.39 is 0 Å². The molecule has 6 nitrogen and oxygen atoms in total. The average Bonchev–Trinajstić information content (AvgIpc) is 3.01. The summed E-state index contributed by atoms with van der Waals surface area (Å²) in [6.45, 7) is 9.21. The Morgan fingerprint density at radius 2 is 1.79 bits per heavy atom. The Morgan fingerprint density at radius 1 is 1.03 bits per heavy atom. The van der Waals surface area contributed by atoms with E-state index in [1.54, 1.807) is 15.0 Å². The van der Waals surface area contributed by atoms with E-state index in [1.165, 1.54) is 4.68 Å². The van der Waals surface area contributed by atoms with E-state index in [9.17, 15) is 9.59 Å². The zero-order valence-electron chi connectivity index (χ0n) is 17.3. The molecule has 0 bridgehead atoms. The third kappa shape index (κ3) is 3.39. The molecular formula is C23H26N4O2. The summed E-state index contributed by atoms with van der Waals surface area (Å²) >= 11 is 0. The Balaban J connectivity index is 1.97. The highest BCUT2D eigenvalue weighted by molar-refractivity contribution is 5.80. The van der Waals surface area contributed by atoms with E-state index in [0.717, 1.165) is 23.1 Å². The van der Waals surface area contributed by atoms with Gasteiger partial charge < -0.3 is 0 Å². The van der Waals surface area contributed by atoms with Gasteiger partial charge in [-0.15, -0.1) is 5.10 Å². The first-order valence-corrected chi connectivity index (χ1v) is 10.0. The Kier molecular flexibility index (Phi) is 4.86. The Hall–Kier alpha value is -3.15. The SMILES string of the molecule is Cc1ccc(C)c(Cn2nc3n(CCC(C)C)c(=O)c4ccccc4n3c2=O)c1. The van der Waals surface area contributed by atoms with Gasteiger partial charge in [-0.05, 0) is 49.4 Å². The second-order valence-corrected chi connectivity index (χ2v) is 8.16. The van der Waals surface area contributed by atoms with Crippen LogP contribution in [0.15, 0.2) is 52.1 Å². The fourth-order valence-corrected chi connectivity index (χ4v) is 3.69. The number of para-hydroxylation sites is 1. The van der Waals surface area contributed by atoms with Gasteiger partial charge in [-0.2, -0.15) is 0 Å². The van der Waals surface area contributed by atoms with Gasteiger partial charge in [-0.25, -0.2) is 13.9 Å². The Morgan fingerprint density at radius 3 is 2.55 bits per heavy atom. The van der Waals surface area contributed by atoms with Crippen molar-refractivity contribution in [3.63, 3.8) is 0 Å². The van der Waals surface area contributed by atoms with Crippen LogP contribution in [0, 0.1) is 19.8 Å². The molecule has 0 aliphatic rings. The molecule has 29 heavy (non-hydrogen) atoms. The van der Waals surface area contributed by atoms with Crippen molar-refractivity contribution in [1.82, 2.24) is 18.7 Å². The standard InChI is InChI=1S/C23H26N4O2/c1-15(2)11-12-25-21(28)19-7-5-6-8-20(19)27-22(25)24-26(23(27)29)14-18-13-16(3)9-10-17(18)4/h5-10,13,15H,11-12,14H2,1-4H3. The lowest BCUT2D eigenvalue weighted by molar-refractivity contribution is 0.511. The van der Waals surface area contributed by atoms with Crippen molar-refractivity contribution in [2.24, 2.45) is 5.92 Å². The molecule has 2 heterocycles. The van der Waals surface area contributed by atoms with Crippen LogP contribution in [-0.2, 0) is 13.1 Å². The van der Waals surface area contributed by atoms with E-state index in [1.807, 2.05) is 32.0 Å². The van der Waals surface area contributed by atoms with Gasteiger partial charge >= 0.3 is 5.69 Å². The second kappa shape index (κ2) is 7.35. The predicted molar refractivity (Wildman–Crippen MR) is 116 cm³/mol. The summed E-state index contributed by atoms with van der Waals surface area (Å²) in [6, 6.07) is 13.4. The van der Waals surface area contributed by atoms with Crippen molar-refractivity contribution < 1.29 is 0 Å². The number of aryl methyl sites for hydroxylation is 3. The van der Waals surface area contributed by atoms with Crippen LogP contribution in [-0.4, -0.2) is 18.7 Å². The van der Waals surface area contributed by atoms with Crippen LogP contribution in [0.25, 0.3) is 16.7 Å². The molecule has 2 aromatic heterocycles. The van der Waals surface area contributed by atoms with E-state index in [2.05, 4.69) is 37.1 Å². The van der Waals surface area contributed by atoms with Crippen molar-refractivity contribution in [2.75, 3.05) is 0 Å². The third-order valence-electron chi connectivity index (χ3n) is 5.44. The van der Waals surface area contributed by atoms with Gasteiger partial charge in [0.1, 0.15) is 0 Å². The van der Waals surface area contributed by atoms with Gasteiger partial charge in [0.15, 0.2) is 0 Å². The van der Waals surface area contributed by atoms with Gasteiger partial charge in [0.25, 0.3) is 5.56 Å². The first kappa shape index (κ1) is 19.2. The maximum absolute atomic E-state index is 13.3. The van der Waals surface area contributed by atoms with Gasteiger partial charge in [0.05, 0.1) is 17.4 Å². The highest BCUT2D eigenvalue weighted by atomic mass is 16.2. The molecule has 6 heteroatoms.